The lowest BCUT2D eigenvalue weighted by Gasteiger charge is -2.55. The number of H-pyrrole nitrogens is 1. The number of aromatic amines is 1. The minimum absolute atomic E-state index is 0.0166. The maximum Gasteiger partial charge on any atom is 0.335 e. The topological polar surface area (TPSA) is 65.6 Å². The van der Waals surface area contributed by atoms with Crippen molar-refractivity contribution >= 4 is 16.9 Å². The molecule has 2 aliphatic rings. The largest absolute Gasteiger partial charge is 0.496 e. The number of nitrogens with zero attached hydrogens (tertiary/aromatic N) is 1. The Labute approximate surface area is 201 Å². The fourth-order valence-corrected chi connectivity index (χ4v) is 6.20. The van der Waals surface area contributed by atoms with Crippen molar-refractivity contribution in [1.82, 2.24) is 9.88 Å². The highest BCUT2D eigenvalue weighted by molar-refractivity contribution is 5.88. The van der Waals surface area contributed by atoms with Crippen LogP contribution < -0.4 is 4.74 Å². The summed E-state index contributed by atoms with van der Waals surface area (Å²) >= 11 is 0. The summed E-state index contributed by atoms with van der Waals surface area (Å²) in [5.41, 5.74) is 3.56. The maximum atomic E-state index is 14.1. The summed E-state index contributed by atoms with van der Waals surface area (Å²) in [7, 11) is 1.63. The molecular formula is C27H29F3N2O3. The standard InChI is InChI=1S/C27H29F3N2O3/c1-16-9-23(35-2)21(20-5-7-31-24(16)20)13-32-8-6-26(14-27(29,30)15-26)11-22(32)19-4-3-17(25(33)34)10-18(19)12-28/h3-5,7,9-10,22,31H,6,8,11-15H2,1-2H3,(H,33,34)/t22-/m0/s1. The molecule has 0 amide bonds. The number of benzene rings is 2. The summed E-state index contributed by atoms with van der Waals surface area (Å²) in [4.78, 5) is 16.9. The number of nitrogens with one attached hydrogen (secondary N) is 1. The summed E-state index contributed by atoms with van der Waals surface area (Å²) in [5.74, 6) is -3.03. The van der Waals surface area contributed by atoms with Gasteiger partial charge in [-0.15, -0.1) is 0 Å². The van der Waals surface area contributed by atoms with Crippen molar-refractivity contribution in [1.29, 1.82) is 0 Å². The third-order valence-corrected chi connectivity index (χ3v) is 7.85. The van der Waals surface area contributed by atoms with Gasteiger partial charge in [0.1, 0.15) is 12.4 Å². The van der Waals surface area contributed by atoms with Gasteiger partial charge in [-0.3, -0.25) is 4.90 Å². The first-order chi connectivity index (χ1) is 16.6. The van der Waals surface area contributed by atoms with E-state index in [2.05, 4.69) is 9.88 Å². The molecule has 1 atom stereocenters. The maximum absolute atomic E-state index is 14.1. The fourth-order valence-electron chi connectivity index (χ4n) is 6.20. The van der Waals surface area contributed by atoms with Gasteiger partial charge in [0.25, 0.3) is 0 Å². The Balaban J connectivity index is 1.56. The van der Waals surface area contributed by atoms with Crippen molar-refractivity contribution < 1.29 is 27.8 Å². The molecule has 0 bridgehead atoms. The number of likely N-dealkylation sites (tertiary alicyclic amines) is 1. The number of hydrogen-bond acceptors (Lipinski definition) is 3. The molecule has 186 valence electrons. The predicted octanol–water partition coefficient (Wildman–Crippen LogP) is 6.41. The number of carbonyl (C=O) groups is 1. The molecule has 1 saturated carbocycles. The number of aromatic carboxylic acids is 1. The van der Waals surface area contributed by atoms with Crippen LogP contribution in [0.3, 0.4) is 0 Å². The molecule has 5 nitrogen and oxygen atoms in total. The number of halogens is 3. The van der Waals surface area contributed by atoms with Gasteiger partial charge in [-0.1, -0.05) is 6.07 Å². The van der Waals surface area contributed by atoms with Crippen molar-refractivity contribution in [2.75, 3.05) is 13.7 Å². The molecule has 8 heteroatoms. The van der Waals surface area contributed by atoms with Gasteiger partial charge < -0.3 is 14.8 Å². The molecule has 0 radical (unpaired) electrons. The third-order valence-electron chi connectivity index (χ3n) is 7.85. The molecule has 2 N–H and O–H groups in total. The zero-order valence-electron chi connectivity index (χ0n) is 19.8. The van der Waals surface area contributed by atoms with Crippen molar-refractivity contribution in [3.63, 3.8) is 0 Å². The second-order valence-corrected chi connectivity index (χ2v) is 10.1. The second-order valence-electron chi connectivity index (χ2n) is 10.1. The van der Waals surface area contributed by atoms with Gasteiger partial charge in [-0.2, -0.15) is 0 Å². The number of alkyl halides is 3. The van der Waals surface area contributed by atoms with Crippen LogP contribution in [0, 0.1) is 12.3 Å². The van der Waals surface area contributed by atoms with E-state index in [1.54, 1.807) is 13.2 Å². The number of carboxylic acids is 1. The number of methoxy groups -OCH3 is 1. The highest BCUT2D eigenvalue weighted by Gasteiger charge is 2.58. The number of aromatic nitrogens is 1. The smallest absolute Gasteiger partial charge is 0.335 e. The van der Waals surface area contributed by atoms with Crippen LogP contribution in [-0.4, -0.2) is 40.5 Å². The lowest BCUT2D eigenvalue weighted by Crippen LogP contribution is -2.53. The monoisotopic (exact) mass is 486 g/mol. The van der Waals surface area contributed by atoms with Gasteiger partial charge in [-0.05, 0) is 72.7 Å². The zero-order chi connectivity index (χ0) is 25.0. The van der Waals surface area contributed by atoms with E-state index in [-0.39, 0.29) is 24.4 Å². The van der Waals surface area contributed by atoms with Gasteiger partial charge in [-0.25, -0.2) is 18.0 Å². The molecule has 1 spiro atoms. The van der Waals surface area contributed by atoms with Gasteiger partial charge in [0.15, 0.2) is 0 Å². The van der Waals surface area contributed by atoms with E-state index in [9.17, 15) is 23.1 Å². The second kappa shape index (κ2) is 8.59. The van der Waals surface area contributed by atoms with E-state index in [4.69, 9.17) is 4.74 Å². The Bertz CT molecular complexity index is 1280. The van der Waals surface area contributed by atoms with Crippen molar-refractivity contribution in [2.45, 2.75) is 57.8 Å². The van der Waals surface area contributed by atoms with Crippen LogP contribution in [0.4, 0.5) is 13.2 Å². The van der Waals surface area contributed by atoms with Crippen molar-refractivity contribution in [3.05, 3.63) is 64.3 Å². The first-order valence-electron chi connectivity index (χ1n) is 11.8. The minimum atomic E-state index is -2.65. The van der Waals surface area contributed by atoms with Gasteiger partial charge in [0, 0.05) is 48.1 Å². The fraction of sp³-hybridized carbons (Fsp3) is 0.444. The summed E-state index contributed by atoms with van der Waals surface area (Å²) < 4.78 is 47.7. The highest BCUT2D eigenvalue weighted by Crippen LogP contribution is 2.60. The normalized spacial score (nSPS) is 21.2. The van der Waals surface area contributed by atoms with E-state index in [1.807, 2.05) is 25.3 Å². The molecule has 5 rings (SSSR count). The average Bonchev–Trinajstić information content (AvgIpc) is 3.30. The Hall–Kier alpha value is -3.00. The van der Waals surface area contributed by atoms with E-state index in [0.29, 0.717) is 37.1 Å². The Morgan fingerprint density at radius 3 is 2.69 bits per heavy atom. The summed E-state index contributed by atoms with van der Waals surface area (Å²) in [5, 5.41) is 10.4. The zero-order valence-corrected chi connectivity index (χ0v) is 19.8. The number of fused-ring (bicyclic) bond motifs is 1. The summed E-state index contributed by atoms with van der Waals surface area (Å²) in [6.45, 7) is 2.27. The molecule has 1 aromatic heterocycles. The van der Waals surface area contributed by atoms with Gasteiger partial charge >= 0.3 is 5.97 Å². The molecule has 0 unspecified atom stereocenters. The molecule has 35 heavy (non-hydrogen) atoms. The molecule has 2 fully saturated rings. The van der Waals surface area contributed by atoms with Gasteiger partial charge in [0.05, 0.1) is 12.7 Å². The van der Waals surface area contributed by atoms with E-state index in [0.717, 1.165) is 27.8 Å². The van der Waals surface area contributed by atoms with Crippen LogP contribution in [0.25, 0.3) is 10.9 Å². The van der Waals surface area contributed by atoms with E-state index in [1.165, 1.54) is 12.1 Å². The summed E-state index contributed by atoms with van der Waals surface area (Å²) in [6.07, 6.45) is 2.69. The lowest BCUT2D eigenvalue weighted by molar-refractivity contribution is -0.186. The molecule has 2 heterocycles. The summed E-state index contributed by atoms with van der Waals surface area (Å²) in [6, 6.07) is 8.17. The molecule has 2 aromatic carbocycles. The van der Waals surface area contributed by atoms with E-state index >= 15 is 0 Å². The molecular weight excluding hydrogens is 457 g/mol. The first-order valence-corrected chi connectivity index (χ1v) is 11.8. The number of carboxylic acid groups (broad SMARTS) is 1. The number of ether oxygens (including phenoxy) is 1. The number of piperidine rings is 1. The number of rotatable bonds is 6. The lowest BCUT2D eigenvalue weighted by atomic mass is 9.58. The molecule has 1 saturated heterocycles. The highest BCUT2D eigenvalue weighted by atomic mass is 19.3. The van der Waals surface area contributed by atoms with Crippen LogP contribution >= 0.6 is 0 Å². The van der Waals surface area contributed by atoms with E-state index < -0.39 is 24.0 Å². The van der Waals surface area contributed by atoms with Crippen LogP contribution in [0.2, 0.25) is 0 Å². The SMILES string of the molecule is COc1cc(C)c2[nH]ccc2c1CN1CCC2(C[C@H]1c1ccc(C(=O)O)cc1CF)CC(F)(F)C2. The first kappa shape index (κ1) is 23.7. The minimum Gasteiger partial charge on any atom is -0.496 e. The van der Waals surface area contributed by atoms with Crippen LogP contribution in [0.1, 0.15) is 64.3 Å². The molecule has 3 aromatic rings. The average molecular weight is 487 g/mol. The Morgan fingerprint density at radius 1 is 1.26 bits per heavy atom. The Morgan fingerprint density at radius 2 is 2.03 bits per heavy atom. The van der Waals surface area contributed by atoms with Crippen molar-refractivity contribution in [3.8, 4) is 5.75 Å². The molecule has 1 aliphatic carbocycles. The molecule has 1 aliphatic heterocycles. The van der Waals surface area contributed by atoms with Crippen molar-refractivity contribution in [2.24, 2.45) is 5.41 Å². The quantitative estimate of drug-likeness (QED) is 0.423. The predicted molar refractivity (Wildman–Crippen MR) is 127 cm³/mol. The Kier molecular flexibility index (Phi) is 5.82. The van der Waals surface area contributed by atoms with Crippen LogP contribution in [0.15, 0.2) is 36.5 Å². The number of hydrogen-bond donors (Lipinski definition) is 2. The van der Waals surface area contributed by atoms with Crippen LogP contribution in [0.5, 0.6) is 5.75 Å². The third kappa shape index (κ3) is 4.18. The van der Waals surface area contributed by atoms with Gasteiger partial charge in [0.2, 0.25) is 5.92 Å². The number of aryl methyl sites for hydroxylation is 1. The van der Waals surface area contributed by atoms with Crippen LogP contribution in [-0.2, 0) is 13.2 Å².